The molecular formula is C10H9N2. The van der Waals surface area contributed by atoms with E-state index in [1.807, 2.05) is 18.3 Å². The predicted molar refractivity (Wildman–Crippen MR) is 48.6 cm³/mol. The van der Waals surface area contributed by atoms with Crippen molar-refractivity contribution in [2.45, 2.75) is 6.42 Å². The topological polar surface area (TPSA) is 25.8 Å². The Balaban J connectivity index is 2.79. The van der Waals surface area contributed by atoms with Crippen LogP contribution < -0.4 is 0 Å². The number of hydrogen-bond acceptors (Lipinski definition) is 2. The third kappa shape index (κ3) is 1.05. The van der Waals surface area contributed by atoms with Gasteiger partial charge in [0.1, 0.15) is 6.33 Å². The summed E-state index contributed by atoms with van der Waals surface area (Å²) >= 11 is 0. The van der Waals surface area contributed by atoms with Gasteiger partial charge in [0.2, 0.25) is 0 Å². The molecular weight excluding hydrogens is 148 g/mol. The van der Waals surface area contributed by atoms with Crippen LogP contribution in [0.4, 0.5) is 0 Å². The van der Waals surface area contributed by atoms with Crippen LogP contribution in [0.1, 0.15) is 5.56 Å². The quantitative estimate of drug-likeness (QED) is 0.632. The van der Waals surface area contributed by atoms with Crippen LogP contribution in [-0.2, 0) is 6.42 Å². The summed E-state index contributed by atoms with van der Waals surface area (Å²) in [5.41, 5.74) is 2.19. The van der Waals surface area contributed by atoms with Gasteiger partial charge in [-0.1, -0.05) is 12.1 Å². The van der Waals surface area contributed by atoms with Gasteiger partial charge in [-0.05, 0) is 25.0 Å². The SMILES string of the molecule is [CH2]Cc1cccc2ncncc12. The molecule has 2 aromatic rings. The Morgan fingerprint density at radius 3 is 3.08 bits per heavy atom. The van der Waals surface area contributed by atoms with Crippen LogP contribution >= 0.6 is 0 Å². The molecule has 2 rings (SSSR count). The van der Waals surface area contributed by atoms with E-state index >= 15 is 0 Å². The number of fused-ring (bicyclic) bond motifs is 1. The van der Waals surface area contributed by atoms with Gasteiger partial charge in [-0.2, -0.15) is 0 Å². The maximum atomic E-state index is 4.15. The molecule has 2 heteroatoms. The standard InChI is InChI=1S/C10H9N2/c1-2-8-4-3-5-10-9(8)6-11-7-12-10/h3-7H,1-2H2. The van der Waals surface area contributed by atoms with E-state index in [2.05, 4.69) is 23.0 Å². The summed E-state index contributed by atoms with van der Waals surface area (Å²) in [5.74, 6) is 0. The molecule has 1 radical (unpaired) electrons. The third-order valence-corrected chi connectivity index (χ3v) is 1.91. The zero-order chi connectivity index (χ0) is 8.39. The zero-order valence-electron chi connectivity index (χ0n) is 6.70. The fourth-order valence-electron chi connectivity index (χ4n) is 1.28. The lowest BCUT2D eigenvalue weighted by atomic mass is 10.1. The Bertz CT molecular complexity index is 390. The van der Waals surface area contributed by atoms with Crippen LogP contribution in [0.15, 0.2) is 30.7 Å². The summed E-state index contributed by atoms with van der Waals surface area (Å²) in [6, 6.07) is 6.03. The first-order valence-electron chi connectivity index (χ1n) is 3.88. The van der Waals surface area contributed by atoms with Crippen molar-refractivity contribution in [2.24, 2.45) is 0 Å². The van der Waals surface area contributed by atoms with Gasteiger partial charge in [0.05, 0.1) is 5.52 Å². The second kappa shape index (κ2) is 2.89. The van der Waals surface area contributed by atoms with Crippen LogP contribution in [0.3, 0.4) is 0 Å². The first-order chi connectivity index (χ1) is 5.92. The average Bonchev–Trinajstić information content (AvgIpc) is 2.17. The van der Waals surface area contributed by atoms with Gasteiger partial charge >= 0.3 is 0 Å². The fourth-order valence-corrected chi connectivity index (χ4v) is 1.28. The zero-order valence-corrected chi connectivity index (χ0v) is 6.70. The second-order valence-corrected chi connectivity index (χ2v) is 2.62. The summed E-state index contributed by atoms with van der Waals surface area (Å²) < 4.78 is 0. The number of hydrogen-bond donors (Lipinski definition) is 0. The molecule has 0 aliphatic heterocycles. The van der Waals surface area contributed by atoms with Crippen LogP contribution in [-0.4, -0.2) is 9.97 Å². The molecule has 2 nitrogen and oxygen atoms in total. The Labute approximate surface area is 71.3 Å². The number of aromatic nitrogens is 2. The summed E-state index contributed by atoms with van der Waals surface area (Å²) in [6.07, 6.45) is 4.18. The highest BCUT2D eigenvalue weighted by Crippen LogP contribution is 2.14. The molecule has 59 valence electrons. The van der Waals surface area contributed by atoms with Crippen molar-refractivity contribution in [3.8, 4) is 0 Å². The number of rotatable bonds is 1. The molecule has 1 aromatic heterocycles. The summed E-state index contributed by atoms with van der Waals surface area (Å²) in [7, 11) is 0. The first kappa shape index (κ1) is 7.22. The highest BCUT2D eigenvalue weighted by atomic mass is 14.8. The van der Waals surface area contributed by atoms with Crippen molar-refractivity contribution in [1.82, 2.24) is 9.97 Å². The average molecular weight is 157 g/mol. The van der Waals surface area contributed by atoms with E-state index in [0.29, 0.717) is 0 Å². The summed E-state index contributed by atoms with van der Waals surface area (Å²) in [4.78, 5) is 8.13. The van der Waals surface area contributed by atoms with Crippen molar-refractivity contribution in [1.29, 1.82) is 0 Å². The van der Waals surface area contributed by atoms with Crippen molar-refractivity contribution >= 4 is 10.9 Å². The molecule has 0 aliphatic carbocycles. The smallest absolute Gasteiger partial charge is 0.116 e. The van der Waals surface area contributed by atoms with E-state index in [4.69, 9.17) is 0 Å². The molecule has 12 heavy (non-hydrogen) atoms. The molecule has 0 unspecified atom stereocenters. The summed E-state index contributed by atoms with van der Waals surface area (Å²) in [6.45, 7) is 3.85. The lowest BCUT2D eigenvalue weighted by Gasteiger charge is -2.00. The van der Waals surface area contributed by atoms with Crippen LogP contribution in [0.5, 0.6) is 0 Å². The summed E-state index contributed by atoms with van der Waals surface area (Å²) in [5, 5.41) is 1.11. The molecule has 0 spiro atoms. The van der Waals surface area contributed by atoms with E-state index in [-0.39, 0.29) is 0 Å². The maximum absolute atomic E-state index is 4.15. The predicted octanol–water partition coefficient (Wildman–Crippen LogP) is 2.01. The molecule has 1 aromatic carbocycles. The van der Waals surface area contributed by atoms with E-state index in [0.717, 1.165) is 17.3 Å². The maximum Gasteiger partial charge on any atom is 0.116 e. The molecule has 0 atom stereocenters. The van der Waals surface area contributed by atoms with Gasteiger partial charge in [-0.25, -0.2) is 9.97 Å². The minimum absolute atomic E-state index is 0.782. The van der Waals surface area contributed by atoms with Crippen molar-refractivity contribution < 1.29 is 0 Å². The van der Waals surface area contributed by atoms with Crippen molar-refractivity contribution in [2.75, 3.05) is 0 Å². The number of nitrogens with zero attached hydrogens (tertiary/aromatic N) is 2. The van der Waals surface area contributed by atoms with Gasteiger partial charge in [-0.15, -0.1) is 0 Å². The van der Waals surface area contributed by atoms with Crippen LogP contribution in [0.2, 0.25) is 0 Å². The van der Waals surface area contributed by atoms with E-state index in [1.165, 1.54) is 5.56 Å². The van der Waals surface area contributed by atoms with Crippen molar-refractivity contribution in [3.05, 3.63) is 43.2 Å². The largest absolute Gasteiger partial charge is 0.244 e. The van der Waals surface area contributed by atoms with Gasteiger partial charge in [-0.3, -0.25) is 0 Å². The molecule has 0 saturated heterocycles. The molecule has 0 fully saturated rings. The lowest BCUT2D eigenvalue weighted by Crippen LogP contribution is -1.86. The second-order valence-electron chi connectivity index (χ2n) is 2.62. The first-order valence-corrected chi connectivity index (χ1v) is 3.88. The van der Waals surface area contributed by atoms with Crippen LogP contribution in [0, 0.1) is 6.92 Å². The Morgan fingerprint density at radius 2 is 2.25 bits per heavy atom. The van der Waals surface area contributed by atoms with Gasteiger partial charge in [0, 0.05) is 11.6 Å². The highest BCUT2D eigenvalue weighted by Gasteiger charge is 1.97. The van der Waals surface area contributed by atoms with Gasteiger partial charge < -0.3 is 0 Å². The number of benzene rings is 1. The fraction of sp³-hybridized carbons (Fsp3) is 0.100. The lowest BCUT2D eigenvalue weighted by molar-refractivity contribution is 1.20. The third-order valence-electron chi connectivity index (χ3n) is 1.91. The van der Waals surface area contributed by atoms with Crippen molar-refractivity contribution in [3.63, 3.8) is 0 Å². The molecule has 0 N–H and O–H groups in total. The van der Waals surface area contributed by atoms with Gasteiger partial charge in [0.25, 0.3) is 0 Å². The van der Waals surface area contributed by atoms with Crippen LogP contribution in [0.25, 0.3) is 10.9 Å². The molecule has 0 bridgehead atoms. The van der Waals surface area contributed by atoms with Gasteiger partial charge in [0.15, 0.2) is 0 Å². The highest BCUT2D eigenvalue weighted by molar-refractivity contribution is 5.81. The molecule has 0 saturated carbocycles. The Kier molecular flexibility index (Phi) is 1.74. The van der Waals surface area contributed by atoms with E-state index in [1.54, 1.807) is 6.33 Å². The Morgan fingerprint density at radius 1 is 1.33 bits per heavy atom. The monoisotopic (exact) mass is 157 g/mol. The molecule has 0 amide bonds. The van der Waals surface area contributed by atoms with E-state index in [9.17, 15) is 0 Å². The molecule has 0 aliphatic rings. The Hall–Kier alpha value is -1.44. The normalized spacial score (nSPS) is 10.4. The minimum atomic E-state index is 0.782. The van der Waals surface area contributed by atoms with E-state index < -0.39 is 0 Å². The molecule has 1 heterocycles. The minimum Gasteiger partial charge on any atom is -0.244 e.